The number of hydrogen-bond donors (Lipinski definition) is 1. The van der Waals surface area contributed by atoms with Gasteiger partial charge in [0.25, 0.3) is 0 Å². The standard InChI is InChI=1S/C5H8N2.C5H6N2/c1-2-7-4-3-6-5-7;1-2-5-6-3-4-7-5/h2,5H,1,3-4H2;2-4H,1H2,(H,6,7). The molecule has 0 unspecified atom stereocenters. The largest absolute Gasteiger partial charge is 0.345 e. The van der Waals surface area contributed by atoms with Crippen LogP contribution in [0.25, 0.3) is 6.08 Å². The van der Waals surface area contributed by atoms with E-state index in [0.717, 1.165) is 18.9 Å². The maximum atomic E-state index is 3.97. The van der Waals surface area contributed by atoms with E-state index in [0.29, 0.717) is 0 Å². The summed E-state index contributed by atoms with van der Waals surface area (Å²) in [5.74, 6) is 0.819. The Balaban J connectivity index is 0.000000140. The molecule has 0 fully saturated rings. The molecule has 1 aromatic heterocycles. The fourth-order valence-corrected chi connectivity index (χ4v) is 0.921. The van der Waals surface area contributed by atoms with E-state index in [1.165, 1.54) is 0 Å². The fraction of sp³-hybridized carbons (Fsp3) is 0.200. The summed E-state index contributed by atoms with van der Waals surface area (Å²) >= 11 is 0. The lowest BCUT2D eigenvalue weighted by Gasteiger charge is -2.02. The molecule has 0 saturated heterocycles. The minimum absolute atomic E-state index is 0.819. The van der Waals surface area contributed by atoms with Crippen LogP contribution in [0.2, 0.25) is 0 Å². The fourth-order valence-electron chi connectivity index (χ4n) is 0.921. The number of nitrogens with one attached hydrogen (secondary N) is 1. The second kappa shape index (κ2) is 5.75. The summed E-state index contributed by atoms with van der Waals surface area (Å²) in [5, 5.41) is 0. The third-order valence-electron chi connectivity index (χ3n) is 1.66. The molecule has 4 heteroatoms. The molecule has 2 rings (SSSR count). The Hall–Kier alpha value is -1.84. The highest BCUT2D eigenvalue weighted by Crippen LogP contribution is 1.90. The molecular formula is C10H14N4. The van der Waals surface area contributed by atoms with Gasteiger partial charge in [-0.1, -0.05) is 13.2 Å². The lowest BCUT2D eigenvalue weighted by Crippen LogP contribution is -2.09. The van der Waals surface area contributed by atoms with Crippen LogP contribution in [0.3, 0.4) is 0 Å². The van der Waals surface area contributed by atoms with Crippen LogP contribution in [0.1, 0.15) is 5.82 Å². The zero-order chi connectivity index (χ0) is 10.2. The summed E-state index contributed by atoms with van der Waals surface area (Å²) in [6.45, 7) is 9.01. The first-order chi connectivity index (χ1) is 6.86. The first kappa shape index (κ1) is 10.2. The molecule has 1 aromatic rings. The van der Waals surface area contributed by atoms with Crippen molar-refractivity contribution in [1.29, 1.82) is 0 Å². The second-order valence-electron chi connectivity index (χ2n) is 2.62. The van der Waals surface area contributed by atoms with E-state index in [1.807, 2.05) is 4.90 Å². The number of H-pyrrole nitrogens is 1. The van der Waals surface area contributed by atoms with Crippen molar-refractivity contribution in [2.24, 2.45) is 4.99 Å². The summed E-state index contributed by atoms with van der Waals surface area (Å²) in [5.41, 5.74) is 0. The number of nitrogens with zero attached hydrogens (tertiary/aromatic N) is 3. The molecule has 0 spiro atoms. The molecule has 0 bridgehead atoms. The zero-order valence-electron chi connectivity index (χ0n) is 8.06. The zero-order valence-corrected chi connectivity index (χ0v) is 8.06. The van der Waals surface area contributed by atoms with Gasteiger partial charge in [-0.2, -0.15) is 0 Å². The van der Waals surface area contributed by atoms with Gasteiger partial charge < -0.3 is 9.88 Å². The molecule has 1 aliphatic heterocycles. The van der Waals surface area contributed by atoms with Crippen molar-refractivity contribution >= 4 is 12.4 Å². The van der Waals surface area contributed by atoms with E-state index < -0.39 is 0 Å². The van der Waals surface area contributed by atoms with E-state index in [4.69, 9.17) is 0 Å². The minimum atomic E-state index is 0.819. The third kappa shape index (κ3) is 3.26. The summed E-state index contributed by atoms with van der Waals surface area (Å²) < 4.78 is 0. The average molecular weight is 190 g/mol. The smallest absolute Gasteiger partial charge is 0.129 e. The second-order valence-corrected chi connectivity index (χ2v) is 2.62. The van der Waals surface area contributed by atoms with Crippen molar-refractivity contribution in [3.8, 4) is 0 Å². The molecule has 0 aliphatic carbocycles. The minimum Gasteiger partial charge on any atom is -0.345 e. The van der Waals surface area contributed by atoms with Gasteiger partial charge in [0.05, 0.1) is 12.9 Å². The van der Waals surface area contributed by atoms with Crippen molar-refractivity contribution in [3.05, 3.63) is 37.6 Å². The number of aliphatic imine (C=N–C) groups is 1. The van der Waals surface area contributed by atoms with Crippen molar-refractivity contribution in [2.45, 2.75) is 0 Å². The average Bonchev–Trinajstić information content (AvgIpc) is 2.92. The van der Waals surface area contributed by atoms with E-state index in [2.05, 4.69) is 28.1 Å². The molecule has 0 amide bonds. The van der Waals surface area contributed by atoms with Crippen LogP contribution in [-0.2, 0) is 0 Å². The lowest BCUT2D eigenvalue weighted by atomic mass is 10.6. The van der Waals surface area contributed by atoms with Gasteiger partial charge in [0.2, 0.25) is 0 Å². The van der Waals surface area contributed by atoms with E-state index >= 15 is 0 Å². The Morgan fingerprint density at radius 1 is 1.50 bits per heavy atom. The first-order valence-corrected chi connectivity index (χ1v) is 4.37. The van der Waals surface area contributed by atoms with Gasteiger partial charge in [0, 0.05) is 18.9 Å². The van der Waals surface area contributed by atoms with E-state index in [-0.39, 0.29) is 0 Å². The number of aromatic amines is 1. The van der Waals surface area contributed by atoms with Crippen molar-refractivity contribution < 1.29 is 0 Å². The molecule has 0 radical (unpaired) electrons. The Labute approximate surface area is 83.7 Å². The monoisotopic (exact) mass is 190 g/mol. The molecule has 0 saturated carbocycles. The van der Waals surface area contributed by atoms with Gasteiger partial charge in [-0.05, 0) is 12.3 Å². The van der Waals surface area contributed by atoms with Gasteiger partial charge in [-0.3, -0.25) is 4.99 Å². The molecule has 1 N–H and O–H groups in total. The number of rotatable bonds is 2. The molecule has 1 aliphatic rings. The number of imidazole rings is 1. The molecule has 74 valence electrons. The van der Waals surface area contributed by atoms with Crippen LogP contribution in [0.15, 0.2) is 36.7 Å². The normalized spacial score (nSPS) is 13.3. The molecule has 0 atom stereocenters. The third-order valence-corrected chi connectivity index (χ3v) is 1.66. The Morgan fingerprint density at radius 2 is 2.36 bits per heavy atom. The molecule has 4 nitrogen and oxygen atoms in total. The Kier molecular flexibility index (Phi) is 4.20. The maximum Gasteiger partial charge on any atom is 0.129 e. The first-order valence-electron chi connectivity index (χ1n) is 4.37. The summed E-state index contributed by atoms with van der Waals surface area (Å²) in [4.78, 5) is 12.6. The van der Waals surface area contributed by atoms with Crippen molar-refractivity contribution in [3.63, 3.8) is 0 Å². The molecule has 2 heterocycles. The van der Waals surface area contributed by atoms with Crippen LogP contribution in [0, 0.1) is 0 Å². The maximum absolute atomic E-state index is 3.97. The highest BCUT2D eigenvalue weighted by molar-refractivity contribution is 5.58. The van der Waals surface area contributed by atoms with Crippen LogP contribution in [0.4, 0.5) is 0 Å². The highest BCUT2D eigenvalue weighted by Gasteiger charge is 1.96. The van der Waals surface area contributed by atoms with Crippen LogP contribution < -0.4 is 0 Å². The van der Waals surface area contributed by atoms with E-state index in [1.54, 1.807) is 31.0 Å². The molecule has 0 aromatic carbocycles. The van der Waals surface area contributed by atoms with Gasteiger partial charge in [-0.15, -0.1) is 0 Å². The molecular weight excluding hydrogens is 176 g/mol. The van der Waals surface area contributed by atoms with Gasteiger partial charge in [0.1, 0.15) is 5.82 Å². The van der Waals surface area contributed by atoms with Crippen LogP contribution in [-0.4, -0.2) is 34.3 Å². The Morgan fingerprint density at radius 3 is 2.64 bits per heavy atom. The van der Waals surface area contributed by atoms with Gasteiger partial charge >= 0.3 is 0 Å². The van der Waals surface area contributed by atoms with E-state index in [9.17, 15) is 0 Å². The van der Waals surface area contributed by atoms with Gasteiger partial charge in [-0.25, -0.2) is 4.98 Å². The summed E-state index contributed by atoms with van der Waals surface area (Å²) in [7, 11) is 0. The van der Waals surface area contributed by atoms with Crippen LogP contribution >= 0.6 is 0 Å². The number of hydrogen-bond acceptors (Lipinski definition) is 3. The van der Waals surface area contributed by atoms with Gasteiger partial charge in [0.15, 0.2) is 0 Å². The predicted octanol–water partition coefficient (Wildman–Crippen LogP) is 1.53. The topological polar surface area (TPSA) is 44.3 Å². The number of aromatic nitrogens is 2. The SMILES string of the molecule is C=CN1C=NCC1.C=Cc1ncc[nH]1. The van der Waals surface area contributed by atoms with Crippen molar-refractivity contribution in [2.75, 3.05) is 13.1 Å². The Bertz CT molecular complexity index is 300. The summed E-state index contributed by atoms with van der Waals surface area (Å²) in [6, 6.07) is 0. The molecule has 14 heavy (non-hydrogen) atoms. The summed E-state index contributed by atoms with van der Waals surface area (Å²) in [6.07, 6.45) is 8.69. The van der Waals surface area contributed by atoms with Crippen molar-refractivity contribution in [1.82, 2.24) is 14.9 Å². The quantitative estimate of drug-likeness (QED) is 0.768. The van der Waals surface area contributed by atoms with Crippen LogP contribution in [0.5, 0.6) is 0 Å². The lowest BCUT2D eigenvalue weighted by molar-refractivity contribution is 0.626. The highest BCUT2D eigenvalue weighted by atomic mass is 15.2. The predicted molar refractivity (Wildman–Crippen MR) is 58.9 cm³/mol.